The zero-order chi connectivity index (χ0) is 14.3. The van der Waals surface area contributed by atoms with Crippen molar-refractivity contribution >= 4 is 11.1 Å². The molecule has 5 atom stereocenters. The number of fused-ring (bicyclic) bond motifs is 1. The Hall–Kier alpha value is -1.39. The molecule has 1 aliphatic heterocycles. The third-order valence-corrected chi connectivity index (χ3v) is 4.56. The van der Waals surface area contributed by atoms with Crippen LogP contribution in [0.1, 0.15) is 26.7 Å². The van der Waals surface area contributed by atoms with Crippen LogP contribution in [0, 0.1) is 11.8 Å². The Labute approximate surface area is 119 Å². The molecule has 1 fully saturated rings. The number of benzene rings is 1. The van der Waals surface area contributed by atoms with Crippen LogP contribution in [0.25, 0.3) is 11.1 Å². The second-order valence-electron chi connectivity index (χ2n) is 5.93. The summed E-state index contributed by atoms with van der Waals surface area (Å²) in [5.41, 5.74) is 8.12. The van der Waals surface area contributed by atoms with Gasteiger partial charge < -0.3 is 14.9 Å². The number of para-hydroxylation sites is 2. The van der Waals surface area contributed by atoms with Crippen molar-refractivity contribution in [3.63, 3.8) is 0 Å². The average Bonchev–Trinajstić information content (AvgIpc) is 2.90. The summed E-state index contributed by atoms with van der Waals surface area (Å²) in [6.07, 6.45) is 1.12. The second-order valence-corrected chi connectivity index (χ2v) is 5.93. The topological polar surface area (TPSA) is 61.3 Å². The molecule has 4 nitrogen and oxygen atoms in total. The predicted octanol–water partition coefficient (Wildman–Crippen LogP) is 2.76. The predicted molar refractivity (Wildman–Crippen MR) is 78.4 cm³/mol. The summed E-state index contributed by atoms with van der Waals surface area (Å²) in [6.45, 7) is 6.44. The van der Waals surface area contributed by atoms with Gasteiger partial charge in [-0.1, -0.05) is 19.1 Å². The van der Waals surface area contributed by atoms with E-state index in [0.29, 0.717) is 18.3 Å². The molecule has 0 bridgehead atoms. The van der Waals surface area contributed by atoms with Crippen LogP contribution in [0.4, 0.5) is 0 Å². The maximum atomic E-state index is 6.40. The monoisotopic (exact) mass is 274 g/mol. The van der Waals surface area contributed by atoms with Gasteiger partial charge in [-0.25, -0.2) is 4.98 Å². The van der Waals surface area contributed by atoms with E-state index in [-0.39, 0.29) is 18.2 Å². The van der Waals surface area contributed by atoms with Crippen LogP contribution >= 0.6 is 0 Å². The van der Waals surface area contributed by atoms with E-state index >= 15 is 0 Å². The van der Waals surface area contributed by atoms with Crippen LogP contribution < -0.4 is 5.73 Å². The minimum atomic E-state index is 0.0120. The summed E-state index contributed by atoms with van der Waals surface area (Å²) in [5.74, 6) is 1.53. The van der Waals surface area contributed by atoms with E-state index in [1.165, 1.54) is 0 Å². The Kier molecular flexibility index (Phi) is 3.52. The lowest BCUT2D eigenvalue weighted by Crippen LogP contribution is -2.39. The van der Waals surface area contributed by atoms with E-state index in [4.69, 9.17) is 14.9 Å². The molecular weight excluding hydrogens is 252 g/mol. The molecule has 0 spiro atoms. The number of aromatic nitrogens is 1. The van der Waals surface area contributed by atoms with Crippen LogP contribution in [-0.2, 0) is 11.2 Å². The number of rotatable bonds is 3. The lowest BCUT2D eigenvalue weighted by atomic mass is 9.82. The van der Waals surface area contributed by atoms with Gasteiger partial charge in [-0.3, -0.25) is 0 Å². The lowest BCUT2D eigenvalue weighted by Gasteiger charge is -2.24. The summed E-state index contributed by atoms with van der Waals surface area (Å²) in [4.78, 5) is 4.51. The Morgan fingerprint density at radius 2 is 1.95 bits per heavy atom. The fourth-order valence-corrected chi connectivity index (χ4v) is 3.38. The highest BCUT2D eigenvalue weighted by molar-refractivity contribution is 5.72. The molecule has 5 unspecified atom stereocenters. The first-order valence-electron chi connectivity index (χ1n) is 7.31. The third kappa shape index (κ3) is 2.34. The summed E-state index contributed by atoms with van der Waals surface area (Å²) in [6, 6.07) is 7.82. The number of nitrogens with two attached hydrogens (primary N) is 1. The van der Waals surface area contributed by atoms with E-state index in [1.807, 2.05) is 24.3 Å². The first-order chi connectivity index (χ1) is 9.56. The fourth-order valence-electron chi connectivity index (χ4n) is 3.38. The summed E-state index contributed by atoms with van der Waals surface area (Å²) in [5, 5.41) is 0. The van der Waals surface area contributed by atoms with Crippen molar-refractivity contribution < 1.29 is 9.15 Å². The van der Waals surface area contributed by atoms with Gasteiger partial charge in [-0.15, -0.1) is 0 Å². The van der Waals surface area contributed by atoms with E-state index in [9.17, 15) is 0 Å². The van der Waals surface area contributed by atoms with Crippen molar-refractivity contribution in [1.82, 2.24) is 4.98 Å². The average molecular weight is 274 g/mol. The van der Waals surface area contributed by atoms with Crippen molar-refractivity contribution in [2.75, 3.05) is 0 Å². The number of nitrogens with zero attached hydrogens (tertiary/aromatic N) is 1. The summed E-state index contributed by atoms with van der Waals surface area (Å²) < 4.78 is 11.6. The smallest absolute Gasteiger partial charge is 0.197 e. The number of oxazole rings is 1. The second kappa shape index (κ2) is 5.19. The summed E-state index contributed by atoms with van der Waals surface area (Å²) in [7, 11) is 0. The molecular formula is C16H22N2O2. The van der Waals surface area contributed by atoms with Gasteiger partial charge in [0.1, 0.15) is 5.52 Å². The maximum Gasteiger partial charge on any atom is 0.197 e. The Morgan fingerprint density at radius 1 is 1.20 bits per heavy atom. The van der Waals surface area contributed by atoms with Crippen LogP contribution in [0.5, 0.6) is 0 Å². The fraction of sp³-hybridized carbons (Fsp3) is 0.562. The molecule has 2 N–H and O–H groups in total. The van der Waals surface area contributed by atoms with Crippen LogP contribution in [-0.4, -0.2) is 23.2 Å². The van der Waals surface area contributed by atoms with Crippen molar-refractivity contribution in [2.45, 2.75) is 45.4 Å². The molecule has 108 valence electrons. The van der Waals surface area contributed by atoms with Gasteiger partial charge in [0, 0.05) is 18.4 Å². The molecule has 0 aliphatic carbocycles. The van der Waals surface area contributed by atoms with Crippen molar-refractivity contribution in [3.05, 3.63) is 30.2 Å². The summed E-state index contributed by atoms with van der Waals surface area (Å²) >= 11 is 0. The number of ether oxygens (including phenoxy) is 1. The minimum absolute atomic E-state index is 0.0120. The molecule has 1 aliphatic rings. The highest BCUT2D eigenvalue weighted by Gasteiger charge is 2.40. The van der Waals surface area contributed by atoms with Gasteiger partial charge in [0.2, 0.25) is 0 Å². The van der Waals surface area contributed by atoms with Crippen LogP contribution in [0.3, 0.4) is 0 Å². The highest BCUT2D eigenvalue weighted by Crippen LogP contribution is 2.34. The van der Waals surface area contributed by atoms with Crippen LogP contribution in [0.2, 0.25) is 0 Å². The Bertz CT molecular complexity index is 562. The molecule has 4 heteroatoms. The van der Waals surface area contributed by atoms with Crippen molar-refractivity contribution in [3.8, 4) is 0 Å². The van der Waals surface area contributed by atoms with E-state index < -0.39 is 0 Å². The SMILES string of the molecule is CC1OC(C)C(C(N)Cc2nc3ccccc3o2)C1C. The zero-order valence-electron chi connectivity index (χ0n) is 12.2. The van der Waals surface area contributed by atoms with Gasteiger partial charge in [0.25, 0.3) is 0 Å². The molecule has 0 radical (unpaired) electrons. The molecule has 2 aromatic rings. The van der Waals surface area contributed by atoms with Crippen molar-refractivity contribution in [1.29, 1.82) is 0 Å². The van der Waals surface area contributed by atoms with Gasteiger partial charge in [0.05, 0.1) is 12.2 Å². The third-order valence-electron chi connectivity index (χ3n) is 4.56. The van der Waals surface area contributed by atoms with Gasteiger partial charge in [-0.05, 0) is 31.9 Å². The van der Waals surface area contributed by atoms with E-state index in [1.54, 1.807) is 0 Å². The molecule has 1 aromatic heterocycles. The van der Waals surface area contributed by atoms with Gasteiger partial charge >= 0.3 is 0 Å². The van der Waals surface area contributed by atoms with E-state index in [2.05, 4.69) is 25.8 Å². The standard InChI is InChI=1S/C16H22N2O2/c1-9-10(2)19-11(3)16(9)12(17)8-15-18-13-6-4-5-7-14(13)20-15/h4-7,9-12,16H,8,17H2,1-3H3. The first-order valence-corrected chi connectivity index (χ1v) is 7.31. The zero-order valence-corrected chi connectivity index (χ0v) is 12.2. The van der Waals surface area contributed by atoms with Crippen molar-refractivity contribution in [2.24, 2.45) is 17.6 Å². The molecule has 20 heavy (non-hydrogen) atoms. The Morgan fingerprint density at radius 3 is 2.60 bits per heavy atom. The highest BCUT2D eigenvalue weighted by atomic mass is 16.5. The van der Waals surface area contributed by atoms with Gasteiger partial charge in [0.15, 0.2) is 11.5 Å². The minimum Gasteiger partial charge on any atom is -0.441 e. The molecule has 0 saturated carbocycles. The molecule has 1 aromatic carbocycles. The maximum absolute atomic E-state index is 6.40. The Balaban J connectivity index is 1.76. The van der Waals surface area contributed by atoms with Gasteiger partial charge in [-0.2, -0.15) is 0 Å². The number of hydrogen-bond donors (Lipinski definition) is 1. The molecule has 0 amide bonds. The quantitative estimate of drug-likeness (QED) is 0.935. The first kappa shape index (κ1) is 13.6. The number of hydrogen-bond acceptors (Lipinski definition) is 4. The van der Waals surface area contributed by atoms with E-state index in [0.717, 1.165) is 17.0 Å². The molecule has 2 heterocycles. The molecule has 1 saturated heterocycles. The normalized spacial score (nSPS) is 31.8. The lowest BCUT2D eigenvalue weighted by molar-refractivity contribution is 0.0488. The molecule has 3 rings (SSSR count). The largest absolute Gasteiger partial charge is 0.441 e. The van der Waals surface area contributed by atoms with Crippen LogP contribution in [0.15, 0.2) is 28.7 Å².